The summed E-state index contributed by atoms with van der Waals surface area (Å²) in [7, 11) is 2.06. The lowest BCUT2D eigenvalue weighted by Gasteiger charge is -2.19. The van der Waals surface area contributed by atoms with E-state index in [1.165, 1.54) is 49.7 Å². The molecule has 0 spiro atoms. The van der Waals surface area contributed by atoms with Crippen LogP contribution in [0.15, 0.2) is 24.3 Å². The second-order valence-electron chi connectivity index (χ2n) is 5.31. The number of rotatable bonds is 9. The Morgan fingerprint density at radius 2 is 1.78 bits per heavy atom. The summed E-state index contributed by atoms with van der Waals surface area (Å²) in [5.74, 6) is 0.679. The molecule has 0 saturated heterocycles. The van der Waals surface area contributed by atoms with Gasteiger partial charge >= 0.3 is 0 Å². The summed E-state index contributed by atoms with van der Waals surface area (Å²) < 4.78 is 0. The van der Waals surface area contributed by atoms with Gasteiger partial charge in [-0.3, -0.25) is 0 Å². The van der Waals surface area contributed by atoms with Crippen LogP contribution in [0.25, 0.3) is 0 Å². The van der Waals surface area contributed by atoms with Crippen molar-refractivity contribution in [3.05, 3.63) is 35.4 Å². The van der Waals surface area contributed by atoms with Crippen LogP contribution in [0.3, 0.4) is 0 Å². The van der Waals surface area contributed by atoms with Crippen molar-refractivity contribution in [1.29, 1.82) is 0 Å². The van der Waals surface area contributed by atoms with Crippen molar-refractivity contribution in [3.63, 3.8) is 0 Å². The molecule has 0 heterocycles. The van der Waals surface area contributed by atoms with E-state index in [2.05, 4.69) is 50.5 Å². The number of benzene rings is 1. The van der Waals surface area contributed by atoms with Gasteiger partial charge < -0.3 is 5.32 Å². The van der Waals surface area contributed by atoms with Gasteiger partial charge in [0, 0.05) is 6.54 Å². The first-order valence-corrected chi connectivity index (χ1v) is 7.49. The summed E-state index contributed by atoms with van der Waals surface area (Å²) in [5.41, 5.74) is 2.97. The summed E-state index contributed by atoms with van der Waals surface area (Å²) in [6.07, 6.45) is 8.19. The molecule has 1 N–H and O–H groups in total. The summed E-state index contributed by atoms with van der Waals surface area (Å²) in [6, 6.07) is 8.83. The fourth-order valence-electron chi connectivity index (χ4n) is 2.65. The van der Waals surface area contributed by atoms with Gasteiger partial charge in [-0.2, -0.15) is 0 Å². The molecule has 0 aliphatic carbocycles. The minimum absolute atomic E-state index is 0.679. The van der Waals surface area contributed by atoms with Crippen molar-refractivity contribution in [2.45, 2.75) is 58.3 Å². The number of aryl methyl sites for hydroxylation is 1. The van der Waals surface area contributed by atoms with Crippen molar-refractivity contribution in [2.24, 2.45) is 0 Å². The molecule has 1 unspecified atom stereocenters. The average molecular weight is 247 g/mol. The smallest absolute Gasteiger partial charge is 0.00172 e. The van der Waals surface area contributed by atoms with Crippen LogP contribution in [0.2, 0.25) is 0 Å². The zero-order valence-corrected chi connectivity index (χ0v) is 12.3. The van der Waals surface area contributed by atoms with E-state index < -0.39 is 0 Å². The molecule has 18 heavy (non-hydrogen) atoms. The molecule has 1 nitrogen and oxygen atoms in total. The van der Waals surface area contributed by atoms with Gasteiger partial charge in [-0.25, -0.2) is 0 Å². The minimum Gasteiger partial charge on any atom is -0.319 e. The second kappa shape index (κ2) is 9.16. The first kappa shape index (κ1) is 15.2. The van der Waals surface area contributed by atoms with Crippen molar-refractivity contribution in [2.75, 3.05) is 13.6 Å². The van der Waals surface area contributed by atoms with Crippen LogP contribution >= 0.6 is 0 Å². The van der Waals surface area contributed by atoms with Crippen LogP contribution in [0.5, 0.6) is 0 Å². The number of likely N-dealkylation sites (N-methyl/N-ethyl adjacent to an activating group) is 1. The SMILES string of the molecule is CCCCCCCC(CNC)c1ccccc1C. The second-order valence-corrected chi connectivity index (χ2v) is 5.31. The molecule has 102 valence electrons. The van der Waals surface area contributed by atoms with Crippen molar-refractivity contribution in [1.82, 2.24) is 5.32 Å². The first-order chi connectivity index (χ1) is 8.79. The summed E-state index contributed by atoms with van der Waals surface area (Å²) in [4.78, 5) is 0. The highest BCUT2D eigenvalue weighted by Gasteiger charge is 2.12. The quantitative estimate of drug-likeness (QED) is 0.626. The van der Waals surface area contributed by atoms with Crippen molar-refractivity contribution >= 4 is 0 Å². The van der Waals surface area contributed by atoms with Crippen molar-refractivity contribution in [3.8, 4) is 0 Å². The molecule has 0 radical (unpaired) electrons. The van der Waals surface area contributed by atoms with Crippen LogP contribution in [-0.4, -0.2) is 13.6 Å². The molecule has 0 bridgehead atoms. The van der Waals surface area contributed by atoms with Crippen LogP contribution in [-0.2, 0) is 0 Å². The Balaban J connectivity index is 2.47. The van der Waals surface area contributed by atoms with E-state index in [4.69, 9.17) is 0 Å². The Labute approximate surface area is 113 Å². The van der Waals surface area contributed by atoms with Crippen LogP contribution in [0, 0.1) is 6.92 Å². The third-order valence-corrected chi connectivity index (χ3v) is 3.73. The molecule has 0 amide bonds. The molecule has 0 saturated carbocycles. The number of unbranched alkanes of at least 4 members (excludes halogenated alkanes) is 4. The monoisotopic (exact) mass is 247 g/mol. The number of hydrogen-bond donors (Lipinski definition) is 1. The van der Waals surface area contributed by atoms with Gasteiger partial charge in [0.15, 0.2) is 0 Å². The minimum atomic E-state index is 0.679. The molecular weight excluding hydrogens is 218 g/mol. The molecule has 1 heteroatoms. The van der Waals surface area contributed by atoms with E-state index in [1.807, 2.05) is 0 Å². The molecule has 0 aliphatic rings. The third-order valence-electron chi connectivity index (χ3n) is 3.73. The maximum absolute atomic E-state index is 3.35. The van der Waals surface area contributed by atoms with Gasteiger partial charge in [-0.1, -0.05) is 63.3 Å². The summed E-state index contributed by atoms with van der Waals surface area (Å²) in [6.45, 7) is 5.60. The molecule has 1 atom stereocenters. The summed E-state index contributed by atoms with van der Waals surface area (Å²) >= 11 is 0. The Morgan fingerprint density at radius 1 is 1.06 bits per heavy atom. The lowest BCUT2D eigenvalue weighted by Crippen LogP contribution is -2.18. The zero-order valence-electron chi connectivity index (χ0n) is 12.3. The molecule has 1 aromatic rings. The third kappa shape index (κ3) is 5.22. The Hall–Kier alpha value is -0.820. The Morgan fingerprint density at radius 3 is 2.44 bits per heavy atom. The Bertz CT molecular complexity index is 319. The van der Waals surface area contributed by atoms with Gasteiger partial charge in [0.2, 0.25) is 0 Å². The average Bonchev–Trinajstić information content (AvgIpc) is 2.38. The number of hydrogen-bond acceptors (Lipinski definition) is 1. The van der Waals surface area contributed by atoms with Gasteiger partial charge in [-0.05, 0) is 37.4 Å². The fourth-order valence-corrected chi connectivity index (χ4v) is 2.65. The van der Waals surface area contributed by atoms with Crippen LogP contribution in [0.4, 0.5) is 0 Å². The van der Waals surface area contributed by atoms with E-state index in [9.17, 15) is 0 Å². The van der Waals surface area contributed by atoms with Crippen LogP contribution < -0.4 is 5.32 Å². The standard InChI is InChI=1S/C17H29N/c1-4-5-6-7-8-12-16(14-18-3)17-13-10-9-11-15(17)2/h9-11,13,16,18H,4-8,12,14H2,1-3H3. The zero-order chi connectivity index (χ0) is 13.2. The molecule has 0 aliphatic heterocycles. The largest absolute Gasteiger partial charge is 0.319 e. The van der Waals surface area contributed by atoms with E-state index in [-0.39, 0.29) is 0 Å². The van der Waals surface area contributed by atoms with E-state index in [0.29, 0.717) is 5.92 Å². The number of nitrogens with one attached hydrogen (secondary N) is 1. The maximum Gasteiger partial charge on any atom is 0.00172 e. The van der Waals surface area contributed by atoms with E-state index >= 15 is 0 Å². The molecular formula is C17H29N. The van der Waals surface area contributed by atoms with Crippen molar-refractivity contribution < 1.29 is 0 Å². The predicted molar refractivity (Wildman–Crippen MR) is 81.2 cm³/mol. The maximum atomic E-state index is 3.35. The van der Waals surface area contributed by atoms with Crippen LogP contribution in [0.1, 0.15) is 62.5 Å². The molecule has 1 aromatic carbocycles. The molecule has 0 aromatic heterocycles. The van der Waals surface area contributed by atoms with E-state index in [1.54, 1.807) is 0 Å². The predicted octanol–water partition coefficient (Wildman–Crippen LogP) is 4.66. The Kier molecular flexibility index (Phi) is 7.75. The normalized spacial score (nSPS) is 12.6. The highest BCUT2D eigenvalue weighted by Crippen LogP contribution is 2.25. The van der Waals surface area contributed by atoms with Gasteiger partial charge in [-0.15, -0.1) is 0 Å². The lowest BCUT2D eigenvalue weighted by molar-refractivity contribution is 0.525. The first-order valence-electron chi connectivity index (χ1n) is 7.49. The van der Waals surface area contributed by atoms with Gasteiger partial charge in [0.05, 0.1) is 0 Å². The molecule has 0 fully saturated rings. The van der Waals surface area contributed by atoms with E-state index in [0.717, 1.165) is 6.54 Å². The fraction of sp³-hybridized carbons (Fsp3) is 0.647. The lowest BCUT2D eigenvalue weighted by atomic mass is 9.90. The summed E-state index contributed by atoms with van der Waals surface area (Å²) in [5, 5.41) is 3.35. The highest BCUT2D eigenvalue weighted by molar-refractivity contribution is 5.29. The topological polar surface area (TPSA) is 12.0 Å². The van der Waals surface area contributed by atoms with Gasteiger partial charge in [0.1, 0.15) is 0 Å². The van der Waals surface area contributed by atoms with Gasteiger partial charge in [0.25, 0.3) is 0 Å². The highest BCUT2D eigenvalue weighted by atomic mass is 14.8. The molecule has 1 rings (SSSR count).